The minimum Gasteiger partial charge on any atom is -0.493 e. The van der Waals surface area contributed by atoms with Crippen molar-refractivity contribution in [3.63, 3.8) is 0 Å². The molecule has 3 rings (SSSR count). The number of carbonyl (C=O) groups excluding carboxylic acids is 1. The van der Waals surface area contributed by atoms with Gasteiger partial charge in [-0.05, 0) is 43.0 Å². The van der Waals surface area contributed by atoms with Gasteiger partial charge in [-0.2, -0.15) is 0 Å². The Morgan fingerprint density at radius 1 is 1.19 bits per heavy atom. The van der Waals surface area contributed by atoms with E-state index in [4.69, 9.17) is 9.47 Å². The molecule has 0 aliphatic carbocycles. The van der Waals surface area contributed by atoms with Gasteiger partial charge in [-0.1, -0.05) is 25.1 Å². The fraction of sp³-hybridized carbons (Fsp3) is 0.435. The molecule has 1 heterocycles. The molecule has 1 aliphatic heterocycles. The molecule has 0 aromatic heterocycles. The minimum atomic E-state index is -0.360. The zero-order valence-electron chi connectivity index (χ0n) is 18.0. The first-order valence-corrected chi connectivity index (χ1v) is 10.6. The maximum Gasteiger partial charge on any atom is 0.292 e. The predicted octanol–water partition coefficient (Wildman–Crippen LogP) is 3.93. The monoisotopic (exact) mass is 427 g/mol. The molecule has 0 atom stereocenters. The predicted molar refractivity (Wildman–Crippen MR) is 119 cm³/mol. The molecule has 166 valence electrons. The third-order valence-electron chi connectivity index (χ3n) is 5.44. The van der Waals surface area contributed by atoms with Crippen LogP contribution in [-0.2, 0) is 11.3 Å². The lowest BCUT2D eigenvalue weighted by atomic mass is 9.95. The van der Waals surface area contributed by atoms with Crippen LogP contribution in [0.3, 0.4) is 0 Å². The van der Waals surface area contributed by atoms with Crippen molar-refractivity contribution in [2.75, 3.05) is 31.7 Å². The Kier molecular flexibility index (Phi) is 7.70. The van der Waals surface area contributed by atoms with E-state index in [2.05, 4.69) is 5.32 Å². The number of nitrogens with zero attached hydrogens (tertiary/aromatic N) is 2. The minimum absolute atomic E-state index is 0.00693. The summed E-state index contributed by atoms with van der Waals surface area (Å²) in [5.74, 6) is 1.25. The lowest BCUT2D eigenvalue weighted by molar-refractivity contribution is -0.384. The zero-order valence-corrected chi connectivity index (χ0v) is 18.0. The molecule has 0 saturated carbocycles. The summed E-state index contributed by atoms with van der Waals surface area (Å²) in [5.41, 5.74) is 1.65. The van der Waals surface area contributed by atoms with E-state index in [1.54, 1.807) is 25.3 Å². The molecule has 0 spiro atoms. The van der Waals surface area contributed by atoms with Gasteiger partial charge in [-0.15, -0.1) is 0 Å². The van der Waals surface area contributed by atoms with Crippen molar-refractivity contribution in [2.45, 2.75) is 32.7 Å². The van der Waals surface area contributed by atoms with Gasteiger partial charge in [-0.3, -0.25) is 14.9 Å². The smallest absolute Gasteiger partial charge is 0.292 e. The summed E-state index contributed by atoms with van der Waals surface area (Å²) in [4.78, 5) is 25.6. The van der Waals surface area contributed by atoms with Crippen molar-refractivity contribution in [1.29, 1.82) is 0 Å². The second-order valence-corrected chi connectivity index (χ2v) is 7.56. The first-order chi connectivity index (χ1) is 15.0. The molecule has 31 heavy (non-hydrogen) atoms. The van der Waals surface area contributed by atoms with Crippen LogP contribution in [0.1, 0.15) is 31.7 Å². The molecule has 2 aromatic carbocycles. The van der Waals surface area contributed by atoms with Crippen molar-refractivity contribution in [2.24, 2.45) is 5.92 Å². The van der Waals surface area contributed by atoms with Crippen LogP contribution in [-0.4, -0.2) is 37.6 Å². The number of carbonyl (C=O) groups is 1. The maximum absolute atomic E-state index is 12.7. The Morgan fingerprint density at radius 2 is 1.94 bits per heavy atom. The van der Waals surface area contributed by atoms with Crippen molar-refractivity contribution in [3.05, 3.63) is 58.1 Å². The quantitative estimate of drug-likeness (QED) is 0.481. The molecule has 1 amide bonds. The first kappa shape index (κ1) is 22.4. The lowest BCUT2D eigenvalue weighted by Crippen LogP contribution is -2.40. The van der Waals surface area contributed by atoms with Crippen LogP contribution >= 0.6 is 0 Å². The van der Waals surface area contributed by atoms with E-state index in [1.165, 1.54) is 6.07 Å². The third-order valence-corrected chi connectivity index (χ3v) is 5.44. The van der Waals surface area contributed by atoms with Crippen LogP contribution in [0.25, 0.3) is 0 Å². The van der Waals surface area contributed by atoms with E-state index in [-0.39, 0.29) is 22.4 Å². The summed E-state index contributed by atoms with van der Waals surface area (Å²) < 4.78 is 11.1. The fourth-order valence-corrected chi connectivity index (χ4v) is 3.76. The van der Waals surface area contributed by atoms with E-state index >= 15 is 0 Å². The van der Waals surface area contributed by atoms with E-state index < -0.39 is 0 Å². The summed E-state index contributed by atoms with van der Waals surface area (Å²) in [5, 5.41) is 14.3. The standard InChI is InChI=1S/C23H29N3O5/c1-3-14-31-21-9-8-17(15-22(21)30-2)16-24-23(27)18-10-12-25(13-11-18)19-6-4-5-7-20(19)26(28)29/h4-9,15,18H,3,10-14,16H2,1-2H3,(H,24,27). The topological polar surface area (TPSA) is 93.9 Å². The van der Waals surface area contributed by atoms with Gasteiger partial charge in [0.25, 0.3) is 5.69 Å². The largest absolute Gasteiger partial charge is 0.493 e. The molecule has 0 unspecified atom stereocenters. The molecular formula is C23H29N3O5. The molecule has 1 N–H and O–H groups in total. The van der Waals surface area contributed by atoms with Crippen LogP contribution < -0.4 is 19.7 Å². The van der Waals surface area contributed by atoms with Gasteiger partial charge in [0.1, 0.15) is 5.69 Å². The van der Waals surface area contributed by atoms with E-state index in [0.29, 0.717) is 56.3 Å². The molecule has 2 aromatic rings. The number of para-hydroxylation sites is 2. The molecule has 8 heteroatoms. The summed E-state index contributed by atoms with van der Waals surface area (Å²) in [6.07, 6.45) is 2.23. The summed E-state index contributed by atoms with van der Waals surface area (Å²) >= 11 is 0. The van der Waals surface area contributed by atoms with Gasteiger partial charge >= 0.3 is 0 Å². The molecular weight excluding hydrogens is 398 g/mol. The average Bonchev–Trinajstić information content (AvgIpc) is 2.81. The number of amides is 1. The summed E-state index contributed by atoms with van der Waals surface area (Å²) in [7, 11) is 1.60. The SMILES string of the molecule is CCCOc1ccc(CNC(=O)C2CCN(c3ccccc3[N+](=O)[O-])CC2)cc1OC. The van der Waals surface area contributed by atoms with Gasteiger partial charge in [0.05, 0.1) is 18.6 Å². The van der Waals surface area contributed by atoms with Crippen LogP contribution in [0.5, 0.6) is 11.5 Å². The van der Waals surface area contributed by atoms with Gasteiger partial charge in [0, 0.05) is 31.6 Å². The normalized spacial score (nSPS) is 14.2. The molecule has 1 aliphatic rings. The average molecular weight is 428 g/mol. The van der Waals surface area contributed by atoms with Gasteiger partial charge in [0.15, 0.2) is 11.5 Å². The number of ether oxygens (including phenoxy) is 2. The number of nitrogens with one attached hydrogen (secondary N) is 1. The molecule has 0 bridgehead atoms. The third kappa shape index (κ3) is 5.65. The van der Waals surface area contributed by atoms with Crippen molar-refractivity contribution in [3.8, 4) is 11.5 Å². The second-order valence-electron chi connectivity index (χ2n) is 7.56. The number of hydrogen-bond donors (Lipinski definition) is 1. The van der Waals surface area contributed by atoms with Crippen molar-refractivity contribution >= 4 is 17.3 Å². The zero-order chi connectivity index (χ0) is 22.2. The Bertz CT molecular complexity index is 910. The van der Waals surface area contributed by atoms with E-state index in [9.17, 15) is 14.9 Å². The van der Waals surface area contributed by atoms with E-state index in [1.807, 2.05) is 30.0 Å². The lowest BCUT2D eigenvalue weighted by Gasteiger charge is -2.32. The number of rotatable bonds is 9. The molecule has 8 nitrogen and oxygen atoms in total. The summed E-state index contributed by atoms with van der Waals surface area (Å²) in [6.45, 7) is 4.30. The van der Waals surface area contributed by atoms with Crippen LogP contribution in [0.4, 0.5) is 11.4 Å². The number of piperidine rings is 1. The summed E-state index contributed by atoms with van der Waals surface area (Å²) in [6, 6.07) is 12.4. The Balaban J connectivity index is 1.53. The van der Waals surface area contributed by atoms with Gasteiger partial charge in [0.2, 0.25) is 5.91 Å². The Labute approximate surface area is 182 Å². The highest BCUT2D eigenvalue weighted by Gasteiger charge is 2.28. The number of nitro groups is 1. The highest BCUT2D eigenvalue weighted by Crippen LogP contribution is 2.31. The fourth-order valence-electron chi connectivity index (χ4n) is 3.76. The molecule has 1 saturated heterocycles. The van der Waals surface area contributed by atoms with Crippen LogP contribution in [0, 0.1) is 16.0 Å². The van der Waals surface area contributed by atoms with Crippen molar-refractivity contribution < 1.29 is 19.2 Å². The van der Waals surface area contributed by atoms with Gasteiger partial charge < -0.3 is 19.7 Å². The first-order valence-electron chi connectivity index (χ1n) is 10.6. The number of benzene rings is 2. The number of nitro benzene ring substituents is 1. The Morgan fingerprint density at radius 3 is 2.61 bits per heavy atom. The second kappa shape index (κ2) is 10.7. The van der Waals surface area contributed by atoms with E-state index in [0.717, 1.165) is 12.0 Å². The molecule has 1 fully saturated rings. The molecule has 0 radical (unpaired) electrons. The maximum atomic E-state index is 12.7. The number of anilines is 1. The van der Waals surface area contributed by atoms with Gasteiger partial charge in [-0.25, -0.2) is 0 Å². The van der Waals surface area contributed by atoms with Crippen LogP contribution in [0.2, 0.25) is 0 Å². The Hall–Kier alpha value is -3.29. The number of methoxy groups -OCH3 is 1. The van der Waals surface area contributed by atoms with Crippen LogP contribution in [0.15, 0.2) is 42.5 Å². The number of hydrogen-bond acceptors (Lipinski definition) is 6. The van der Waals surface area contributed by atoms with Crippen molar-refractivity contribution in [1.82, 2.24) is 5.32 Å². The highest BCUT2D eigenvalue weighted by molar-refractivity contribution is 5.79. The highest BCUT2D eigenvalue weighted by atomic mass is 16.6.